The van der Waals surface area contributed by atoms with Gasteiger partial charge in [-0.2, -0.15) is 0 Å². The molecule has 1 aromatic rings. The molecule has 0 radical (unpaired) electrons. The van der Waals surface area contributed by atoms with E-state index in [4.69, 9.17) is 16.3 Å². The molecule has 2 bridgehead atoms. The first-order valence-electron chi connectivity index (χ1n) is 7.87. The van der Waals surface area contributed by atoms with E-state index in [0.29, 0.717) is 0 Å². The fraction of sp³-hybridized carbons (Fsp3) is 0.667. The second-order valence-corrected chi connectivity index (χ2v) is 7.35. The summed E-state index contributed by atoms with van der Waals surface area (Å²) in [7, 11) is 1.74. The van der Waals surface area contributed by atoms with E-state index in [1.54, 1.807) is 7.11 Å². The normalized spacial score (nSPS) is 29.7. The van der Waals surface area contributed by atoms with Crippen molar-refractivity contribution in [3.05, 3.63) is 28.8 Å². The average molecular weight is 293 g/mol. The summed E-state index contributed by atoms with van der Waals surface area (Å²) in [6.07, 6.45) is 6.94. The maximum atomic E-state index is 6.72. The molecular formula is C18H25ClO. The zero-order valence-electron chi connectivity index (χ0n) is 12.8. The molecule has 4 atom stereocenters. The number of halogens is 1. The van der Waals surface area contributed by atoms with E-state index in [1.165, 1.54) is 42.4 Å². The van der Waals surface area contributed by atoms with Gasteiger partial charge in [0, 0.05) is 0 Å². The van der Waals surface area contributed by atoms with Crippen molar-refractivity contribution in [1.29, 1.82) is 0 Å². The number of rotatable bonds is 4. The zero-order valence-corrected chi connectivity index (χ0v) is 13.5. The van der Waals surface area contributed by atoms with Crippen molar-refractivity contribution in [3.63, 3.8) is 0 Å². The third kappa shape index (κ3) is 2.57. The van der Waals surface area contributed by atoms with E-state index in [2.05, 4.69) is 26.0 Å². The highest BCUT2D eigenvalue weighted by Gasteiger charge is 2.40. The fourth-order valence-corrected chi connectivity index (χ4v) is 4.91. The molecule has 0 amide bonds. The molecule has 110 valence electrons. The van der Waals surface area contributed by atoms with Crippen LogP contribution in [0.4, 0.5) is 0 Å². The Hall–Kier alpha value is -0.690. The molecule has 3 rings (SSSR count). The van der Waals surface area contributed by atoms with Crippen LogP contribution in [0.5, 0.6) is 5.75 Å². The largest absolute Gasteiger partial charge is 0.496 e. The summed E-state index contributed by atoms with van der Waals surface area (Å²) in [5.74, 6) is 3.83. The standard InChI is InChI=1S/C18H25ClO/c1-11-6-16(7-12(2)18(11)20-3)17(19)10-15-9-13-4-5-14(15)8-13/h6-7,13-15,17H,4-5,8-10H2,1-3H3. The van der Waals surface area contributed by atoms with Gasteiger partial charge in [0.2, 0.25) is 0 Å². The zero-order chi connectivity index (χ0) is 14.3. The predicted molar refractivity (Wildman–Crippen MR) is 84.6 cm³/mol. The molecule has 0 saturated heterocycles. The van der Waals surface area contributed by atoms with Gasteiger partial charge < -0.3 is 4.74 Å². The van der Waals surface area contributed by atoms with E-state index in [0.717, 1.165) is 29.9 Å². The Bertz CT molecular complexity index is 473. The smallest absolute Gasteiger partial charge is 0.124 e. The van der Waals surface area contributed by atoms with Crippen molar-refractivity contribution in [2.45, 2.75) is 51.3 Å². The lowest BCUT2D eigenvalue weighted by Gasteiger charge is -2.24. The monoisotopic (exact) mass is 292 g/mol. The highest BCUT2D eigenvalue weighted by atomic mass is 35.5. The number of ether oxygens (including phenoxy) is 1. The Morgan fingerprint density at radius 1 is 1.20 bits per heavy atom. The highest BCUT2D eigenvalue weighted by Crippen LogP contribution is 2.51. The van der Waals surface area contributed by atoms with Crippen LogP contribution in [0.3, 0.4) is 0 Å². The fourth-order valence-electron chi connectivity index (χ4n) is 4.55. The van der Waals surface area contributed by atoms with E-state index in [9.17, 15) is 0 Å². The van der Waals surface area contributed by atoms with Gasteiger partial charge in [0.15, 0.2) is 0 Å². The second-order valence-electron chi connectivity index (χ2n) is 6.83. The van der Waals surface area contributed by atoms with Crippen molar-refractivity contribution in [2.75, 3.05) is 7.11 Å². The van der Waals surface area contributed by atoms with E-state index < -0.39 is 0 Å². The molecule has 0 aromatic heterocycles. The van der Waals surface area contributed by atoms with Gasteiger partial charge in [-0.3, -0.25) is 0 Å². The van der Waals surface area contributed by atoms with Crippen LogP contribution in [0, 0.1) is 31.6 Å². The van der Waals surface area contributed by atoms with Crippen LogP contribution in [0.2, 0.25) is 0 Å². The van der Waals surface area contributed by atoms with Crippen LogP contribution in [-0.2, 0) is 0 Å². The highest BCUT2D eigenvalue weighted by molar-refractivity contribution is 6.20. The minimum atomic E-state index is 0.155. The van der Waals surface area contributed by atoms with Crippen molar-refractivity contribution in [1.82, 2.24) is 0 Å². The van der Waals surface area contributed by atoms with Gasteiger partial charge in [0.25, 0.3) is 0 Å². The quantitative estimate of drug-likeness (QED) is 0.673. The van der Waals surface area contributed by atoms with Crippen LogP contribution in [0.15, 0.2) is 12.1 Å². The van der Waals surface area contributed by atoms with Crippen LogP contribution in [-0.4, -0.2) is 7.11 Å². The van der Waals surface area contributed by atoms with Gasteiger partial charge >= 0.3 is 0 Å². The minimum absolute atomic E-state index is 0.155. The van der Waals surface area contributed by atoms with Gasteiger partial charge in [0.05, 0.1) is 12.5 Å². The molecule has 0 N–H and O–H groups in total. The van der Waals surface area contributed by atoms with Gasteiger partial charge in [0.1, 0.15) is 5.75 Å². The number of hydrogen-bond donors (Lipinski definition) is 0. The summed E-state index contributed by atoms with van der Waals surface area (Å²) >= 11 is 6.72. The van der Waals surface area contributed by atoms with Gasteiger partial charge in [-0.05, 0) is 74.0 Å². The molecule has 2 aliphatic carbocycles. The molecule has 20 heavy (non-hydrogen) atoms. The first kappa shape index (κ1) is 14.3. The van der Waals surface area contributed by atoms with Crippen LogP contribution in [0.1, 0.15) is 54.2 Å². The lowest BCUT2D eigenvalue weighted by atomic mass is 9.84. The summed E-state index contributed by atoms with van der Waals surface area (Å²) in [6, 6.07) is 4.41. The molecule has 2 fully saturated rings. The maximum absolute atomic E-state index is 6.72. The molecule has 0 aliphatic heterocycles. The molecule has 2 saturated carbocycles. The van der Waals surface area contributed by atoms with Crippen molar-refractivity contribution >= 4 is 11.6 Å². The second kappa shape index (κ2) is 5.60. The number of fused-ring (bicyclic) bond motifs is 2. The summed E-state index contributed by atoms with van der Waals surface area (Å²) in [5.41, 5.74) is 3.66. The van der Waals surface area contributed by atoms with Gasteiger partial charge in [-0.15, -0.1) is 11.6 Å². The lowest BCUT2D eigenvalue weighted by molar-refractivity contribution is 0.311. The average Bonchev–Trinajstić information content (AvgIpc) is 3.00. The summed E-state index contributed by atoms with van der Waals surface area (Å²) < 4.78 is 5.44. The minimum Gasteiger partial charge on any atom is -0.496 e. The number of benzene rings is 1. The third-order valence-electron chi connectivity index (χ3n) is 5.44. The predicted octanol–water partition coefficient (Wildman–Crippen LogP) is 5.42. The molecular weight excluding hydrogens is 268 g/mol. The Morgan fingerprint density at radius 2 is 1.90 bits per heavy atom. The molecule has 1 nitrogen and oxygen atoms in total. The van der Waals surface area contributed by atoms with Gasteiger partial charge in [-0.1, -0.05) is 18.6 Å². The van der Waals surface area contributed by atoms with Crippen LogP contribution < -0.4 is 4.74 Å². The van der Waals surface area contributed by atoms with Crippen molar-refractivity contribution in [2.24, 2.45) is 17.8 Å². The summed E-state index contributed by atoms with van der Waals surface area (Å²) in [5, 5.41) is 0.155. The number of alkyl halides is 1. The molecule has 1 aromatic carbocycles. The van der Waals surface area contributed by atoms with E-state index in [-0.39, 0.29) is 5.38 Å². The summed E-state index contributed by atoms with van der Waals surface area (Å²) in [6.45, 7) is 4.22. The molecule has 0 heterocycles. The lowest BCUT2D eigenvalue weighted by Crippen LogP contribution is -2.12. The topological polar surface area (TPSA) is 9.23 Å². The molecule has 4 unspecified atom stereocenters. The number of hydrogen-bond acceptors (Lipinski definition) is 1. The van der Waals surface area contributed by atoms with E-state index >= 15 is 0 Å². The Labute approximate surface area is 127 Å². The SMILES string of the molecule is COc1c(C)cc(C(Cl)CC2CC3CCC2C3)cc1C. The Kier molecular flexibility index (Phi) is 3.99. The van der Waals surface area contributed by atoms with Gasteiger partial charge in [-0.25, -0.2) is 0 Å². The number of methoxy groups -OCH3 is 1. The van der Waals surface area contributed by atoms with Crippen molar-refractivity contribution < 1.29 is 4.74 Å². The first-order valence-corrected chi connectivity index (χ1v) is 8.31. The van der Waals surface area contributed by atoms with E-state index in [1.807, 2.05) is 0 Å². The Morgan fingerprint density at radius 3 is 2.40 bits per heavy atom. The van der Waals surface area contributed by atoms with Crippen LogP contribution in [0.25, 0.3) is 0 Å². The number of aryl methyl sites for hydroxylation is 2. The van der Waals surface area contributed by atoms with Crippen LogP contribution >= 0.6 is 11.6 Å². The molecule has 0 spiro atoms. The molecule has 2 aliphatic rings. The summed E-state index contributed by atoms with van der Waals surface area (Å²) in [4.78, 5) is 0. The first-order chi connectivity index (χ1) is 9.58. The third-order valence-corrected chi connectivity index (χ3v) is 5.87. The molecule has 2 heteroatoms. The van der Waals surface area contributed by atoms with Crippen molar-refractivity contribution in [3.8, 4) is 5.75 Å². The Balaban J connectivity index is 1.72. The maximum Gasteiger partial charge on any atom is 0.124 e.